The van der Waals surface area contributed by atoms with E-state index >= 15 is 0 Å². The number of hydrogen-bond acceptors (Lipinski definition) is 5. The lowest BCUT2D eigenvalue weighted by Gasteiger charge is -2.59. The summed E-state index contributed by atoms with van der Waals surface area (Å²) in [6.45, 7) is 6.50. The standard InChI is InChI=1S/C22H29N3OS2/c1-12-13(2)28-21-19(12)20(23-11-24-21)27-10-18(26)25-14(3)22-7-15-4-16(8-22)6-17(5-15)9-22/h11,14-17H,4-10H2,1-3H3,(H,25,26)/t14-,15?,16?,17?,22?/m1/s1. The van der Waals surface area contributed by atoms with E-state index in [1.807, 2.05) is 0 Å². The van der Waals surface area contributed by atoms with Crippen molar-refractivity contribution in [2.75, 3.05) is 5.75 Å². The zero-order valence-corrected chi connectivity index (χ0v) is 18.6. The third kappa shape index (κ3) is 3.17. The molecular weight excluding hydrogens is 386 g/mol. The third-order valence-corrected chi connectivity index (χ3v) is 9.76. The molecule has 6 heteroatoms. The van der Waals surface area contributed by atoms with E-state index < -0.39 is 0 Å². The van der Waals surface area contributed by atoms with Crippen LogP contribution in [0, 0.1) is 37.0 Å². The summed E-state index contributed by atoms with van der Waals surface area (Å²) in [5.74, 6) is 3.32. The number of amides is 1. The van der Waals surface area contributed by atoms with Crippen molar-refractivity contribution in [1.29, 1.82) is 0 Å². The van der Waals surface area contributed by atoms with Gasteiger partial charge in [-0.1, -0.05) is 11.8 Å². The van der Waals surface area contributed by atoms with Gasteiger partial charge < -0.3 is 5.32 Å². The molecule has 4 fully saturated rings. The van der Waals surface area contributed by atoms with Gasteiger partial charge in [-0.15, -0.1) is 11.3 Å². The van der Waals surface area contributed by atoms with Crippen LogP contribution >= 0.6 is 23.1 Å². The summed E-state index contributed by atoms with van der Waals surface area (Å²) < 4.78 is 0. The van der Waals surface area contributed by atoms with Gasteiger partial charge in [0.05, 0.1) is 5.75 Å². The summed E-state index contributed by atoms with van der Waals surface area (Å²) in [7, 11) is 0. The molecule has 1 atom stereocenters. The summed E-state index contributed by atoms with van der Waals surface area (Å²) >= 11 is 3.25. The number of thiophene rings is 1. The summed E-state index contributed by atoms with van der Waals surface area (Å²) in [6.07, 6.45) is 9.93. The van der Waals surface area contributed by atoms with Crippen LogP contribution < -0.4 is 5.32 Å². The molecule has 4 nitrogen and oxygen atoms in total. The normalized spacial score (nSPS) is 32.0. The number of nitrogens with zero attached hydrogens (tertiary/aromatic N) is 2. The quantitative estimate of drug-likeness (QED) is 0.544. The van der Waals surface area contributed by atoms with Gasteiger partial charge in [-0.25, -0.2) is 9.97 Å². The first-order chi connectivity index (χ1) is 13.4. The second kappa shape index (κ2) is 6.98. The van der Waals surface area contributed by atoms with Crippen molar-refractivity contribution in [2.24, 2.45) is 23.2 Å². The van der Waals surface area contributed by atoms with E-state index in [9.17, 15) is 4.79 Å². The molecule has 6 rings (SSSR count). The number of fused-ring (bicyclic) bond motifs is 1. The fraction of sp³-hybridized carbons (Fsp3) is 0.682. The van der Waals surface area contributed by atoms with Crippen molar-refractivity contribution in [3.05, 3.63) is 16.8 Å². The van der Waals surface area contributed by atoms with Gasteiger partial charge in [0.15, 0.2) is 0 Å². The van der Waals surface area contributed by atoms with Crippen molar-refractivity contribution in [2.45, 2.75) is 70.4 Å². The van der Waals surface area contributed by atoms with E-state index in [0.29, 0.717) is 11.2 Å². The Balaban J connectivity index is 1.25. The topological polar surface area (TPSA) is 54.9 Å². The second-order valence-electron chi connectivity index (χ2n) is 9.50. The molecule has 0 unspecified atom stereocenters. The lowest BCUT2D eigenvalue weighted by molar-refractivity contribution is -0.123. The number of aromatic nitrogens is 2. The Morgan fingerprint density at radius 2 is 1.86 bits per heavy atom. The molecule has 1 amide bonds. The first kappa shape index (κ1) is 18.9. The molecule has 4 aliphatic rings. The highest BCUT2D eigenvalue weighted by Gasteiger charge is 2.53. The highest BCUT2D eigenvalue weighted by Crippen LogP contribution is 2.61. The Hall–Kier alpha value is -1.14. The molecule has 0 aliphatic heterocycles. The van der Waals surface area contributed by atoms with Crippen molar-refractivity contribution in [1.82, 2.24) is 15.3 Å². The number of thioether (sulfide) groups is 1. The Bertz CT molecular complexity index is 887. The fourth-order valence-corrected chi connectivity index (χ4v) is 8.47. The van der Waals surface area contributed by atoms with Crippen LogP contribution in [0.5, 0.6) is 0 Å². The smallest absolute Gasteiger partial charge is 0.230 e. The zero-order chi connectivity index (χ0) is 19.5. The van der Waals surface area contributed by atoms with Crippen LogP contribution in [-0.2, 0) is 4.79 Å². The SMILES string of the molecule is Cc1sc2ncnc(SCC(=O)N[C@H](C)C34CC5CC(CC(C5)C3)C4)c2c1C. The monoisotopic (exact) mass is 415 g/mol. The molecule has 0 saturated heterocycles. The molecule has 2 aromatic rings. The molecule has 2 heterocycles. The lowest BCUT2D eigenvalue weighted by Crippen LogP contribution is -2.56. The van der Waals surface area contributed by atoms with E-state index in [1.54, 1.807) is 29.4 Å². The average Bonchev–Trinajstić information content (AvgIpc) is 2.93. The van der Waals surface area contributed by atoms with Crippen molar-refractivity contribution < 1.29 is 4.79 Å². The minimum atomic E-state index is 0.143. The summed E-state index contributed by atoms with van der Waals surface area (Å²) in [5, 5.41) is 5.43. The Morgan fingerprint density at radius 3 is 2.50 bits per heavy atom. The van der Waals surface area contributed by atoms with Crippen LogP contribution in [0.15, 0.2) is 11.4 Å². The zero-order valence-electron chi connectivity index (χ0n) is 17.0. The number of carbonyl (C=O) groups excluding carboxylic acids is 1. The number of nitrogens with one attached hydrogen (secondary N) is 1. The minimum absolute atomic E-state index is 0.143. The summed E-state index contributed by atoms with van der Waals surface area (Å²) in [4.78, 5) is 23.9. The van der Waals surface area contributed by atoms with Gasteiger partial charge in [-0.3, -0.25) is 4.79 Å². The number of aryl methyl sites for hydroxylation is 2. The number of rotatable bonds is 5. The van der Waals surface area contributed by atoms with Crippen molar-refractivity contribution >= 4 is 39.2 Å². The maximum absolute atomic E-state index is 12.8. The van der Waals surface area contributed by atoms with E-state index in [0.717, 1.165) is 33.0 Å². The number of hydrogen-bond donors (Lipinski definition) is 1. The largest absolute Gasteiger partial charge is 0.352 e. The highest BCUT2D eigenvalue weighted by atomic mass is 32.2. The number of carbonyl (C=O) groups is 1. The molecule has 28 heavy (non-hydrogen) atoms. The first-order valence-electron chi connectivity index (χ1n) is 10.6. The van der Waals surface area contributed by atoms with Crippen LogP contribution in [0.2, 0.25) is 0 Å². The van der Waals surface area contributed by atoms with Crippen molar-refractivity contribution in [3.8, 4) is 0 Å². The lowest BCUT2D eigenvalue weighted by atomic mass is 9.48. The van der Waals surface area contributed by atoms with Gasteiger partial charge in [-0.05, 0) is 88.0 Å². The van der Waals surface area contributed by atoms with E-state index in [4.69, 9.17) is 0 Å². The molecule has 150 valence electrons. The highest BCUT2D eigenvalue weighted by molar-refractivity contribution is 8.00. The van der Waals surface area contributed by atoms with Crippen LogP contribution in [0.4, 0.5) is 0 Å². The van der Waals surface area contributed by atoms with Gasteiger partial charge in [0, 0.05) is 16.3 Å². The first-order valence-corrected chi connectivity index (χ1v) is 12.4. The van der Waals surface area contributed by atoms with Crippen LogP contribution in [0.1, 0.15) is 55.9 Å². The maximum atomic E-state index is 12.8. The average molecular weight is 416 g/mol. The molecule has 1 N–H and O–H groups in total. The summed E-state index contributed by atoms with van der Waals surface area (Å²) in [5.41, 5.74) is 1.60. The Kier molecular flexibility index (Phi) is 4.70. The van der Waals surface area contributed by atoms with Crippen LogP contribution in [-0.4, -0.2) is 27.7 Å². The van der Waals surface area contributed by atoms with Gasteiger partial charge in [0.1, 0.15) is 16.2 Å². The van der Waals surface area contributed by atoms with Gasteiger partial charge in [0.25, 0.3) is 0 Å². The van der Waals surface area contributed by atoms with Crippen molar-refractivity contribution in [3.63, 3.8) is 0 Å². The molecule has 2 aromatic heterocycles. The Morgan fingerprint density at radius 1 is 1.21 bits per heavy atom. The van der Waals surface area contributed by atoms with Gasteiger partial charge >= 0.3 is 0 Å². The summed E-state index contributed by atoms with van der Waals surface area (Å²) in [6, 6.07) is 0.282. The van der Waals surface area contributed by atoms with E-state index in [-0.39, 0.29) is 11.9 Å². The maximum Gasteiger partial charge on any atom is 0.230 e. The molecule has 0 radical (unpaired) electrons. The predicted molar refractivity (Wildman–Crippen MR) is 116 cm³/mol. The van der Waals surface area contributed by atoms with Crippen LogP contribution in [0.3, 0.4) is 0 Å². The minimum Gasteiger partial charge on any atom is -0.352 e. The van der Waals surface area contributed by atoms with Gasteiger partial charge in [-0.2, -0.15) is 0 Å². The molecular formula is C22H29N3OS2. The van der Waals surface area contributed by atoms with E-state index in [1.165, 1.54) is 49.0 Å². The second-order valence-corrected chi connectivity index (χ2v) is 11.7. The Labute approximate surface area is 175 Å². The molecule has 4 bridgehead atoms. The molecule has 4 aliphatic carbocycles. The van der Waals surface area contributed by atoms with E-state index in [2.05, 4.69) is 36.1 Å². The van der Waals surface area contributed by atoms with Crippen LogP contribution in [0.25, 0.3) is 10.2 Å². The fourth-order valence-electron chi connectivity index (χ4n) is 6.54. The molecule has 4 saturated carbocycles. The molecule has 0 spiro atoms. The van der Waals surface area contributed by atoms with Gasteiger partial charge in [0.2, 0.25) is 5.91 Å². The predicted octanol–water partition coefficient (Wildman–Crippen LogP) is 5.12. The third-order valence-electron chi connectivity index (χ3n) is 7.65. The molecule has 0 aromatic carbocycles.